The van der Waals surface area contributed by atoms with Gasteiger partial charge in [-0.3, -0.25) is 9.80 Å². The Hall–Kier alpha value is -1.92. The molecular weight excluding hydrogens is 332 g/mol. The lowest BCUT2D eigenvalue weighted by Gasteiger charge is -2.31. The van der Waals surface area contributed by atoms with Gasteiger partial charge < -0.3 is 10.2 Å². The van der Waals surface area contributed by atoms with E-state index in [2.05, 4.69) is 6.92 Å². The molecule has 1 aromatic carbocycles. The summed E-state index contributed by atoms with van der Waals surface area (Å²) in [5.41, 5.74) is 1.24. The molecule has 0 bridgehead atoms. The number of rotatable bonds is 12. The van der Waals surface area contributed by atoms with E-state index in [0.29, 0.717) is 25.9 Å². The molecule has 0 fully saturated rings. The summed E-state index contributed by atoms with van der Waals surface area (Å²) in [6.45, 7) is 4.80. The standard InChI is InChI=1S/C20H32N2O4/c1-4-5-6-7-19(24)13-14-21(3)22(16(2)23)15-12-17-8-10-18(11-9-17)20(25)26/h8-11,19,24H,4-7,12-15H2,1-3H3,(H,25,26). The molecule has 0 saturated heterocycles. The zero-order valence-corrected chi connectivity index (χ0v) is 16.1. The smallest absolute Gasteiger partial charge is 0.335 e. The summed E-state index contributed by atoms with van der Waals surface area (Å²) in [6.07, 6.45) is 5.05. The number of aliphatic hydroxyl groups is 1. The number of carboxylic acids is 1. The number of aliphatic hydroxyl groups excluding tert-OH is 1. The molecule has 6 heteroatoms. The van der Waals surface area contributed by atoms with E-state index >= 15 is 0 Å². The van der Waals surface area contributed by atoms with Crippen LogP contribution in [0.2, 0.25) is 0 Å². The lowest BCUT2D eigenvalue weighted by molar-refractivity contribution is -0.144. The van der Waals surface area contributed by atoms with Crippen LogP contribution >= 0.6 is 0 Å². The van der Waals surface area contributed by atoms with Gasteiger partial charge in [-0.05, 0) is 37.0 Å². The van der Waals surface area contributed by atoms with Crippen molar-refractivity contribution in [2.45, 2.75) is 58.5 Å². The van der Waals surface area contributed by atoms with E-state index in [-0.39, 0.29) is 17.6 Å². The van der Waals surface area contributed by atoms with Gasteiger partial charge in [0.15, 0.2) is 0 Å². The molecule has 1 atom stereocenters. The number of hydrazine groups is 1. The van der Waals surface area contributed by atoms with E-state index in [1.54, 1.807) is 29.3 Å². The van der Waals surface area contributed by atoms with Crippen LogP contribution in [-0.2, 0) is 11.2 Å². The minimum atomic E-state index is -0.945. The molecule has 0 aromatic heterocycles. The molecule has 0 saturated carbocycles. The number of hydrogen-bond acceptors (Lipinski definition) is 4. The normalized spacial score (nSPS) is 12.2. The van der Waals surface area contributed by atoms with E-state index in [9.17, 15) is 14.7 Å². The minimum Gasteiger partial charge on any atom is -0.478 e. The van der Waals surface area contributed by atoms with Gasteiger partial charge in [0.25, 0.3) is 0 Å². The van der Waals surface area contributed by atoms with Crippen LogP contribution in [0.5, 0.6) is 0 Å². The van der Waals surface area contributed by atoms with Crippen molar-refractivity contribution in [2.75, 3.05) is 20.1 Å². The molecule has 1 rings (SSSR count). The monoisotopic (exact) mass is 364 g/mol. The van der Waals surface area contributed by atoms with Crippen LogP contribution in [0.25, 0.3) is 0 Å². The second-order valence-electron chi connectivity index (χ2n) is 6.71. The van der Waals surface area contributed by atoms with Crippen molar-refractivity contribution in [2.24, 2.45) is 0 Å². The molecule has 1 unspecified atom stereocenters. The summed E-state index contributed by atoms with van der Waals surface area (Å²) in [4.78, 5) is 22.8. The van der Waals surface area contributed by atoms with Crippen molar-refractivity contribution in [1.29, 1.82) is 0 Å². The van der Waals surface area contributed by atoms with Gasteiger partial charge in [0, 0.05) is 27.1 Å². The van der Waals surface area contributed by atoms with Crippen LogP contribution in [0.1, 0.15) is 61.9 Å². The third-order valence-corrected chi connectivity index (χ3v) is 4.52. The molecule has 0 aliphatic carbocycles. The van der Waals surface area contributed by atoms with E-state index in [0.717, 1.165) is 31.2 Å². The van der Waals surface area contributed by atoms with Gasteiger partial charge in [0.05, 0.1) is 11.7 Å². The molecule has 0 spiro atoms. The molecule has 1 amide bonds. The molecule has 146 valence electrons. The van der Waals surface area contributed by atoms with E-state index in [4.69, 9.17) is 5.11 Å². The summed E-state index contributed by atoms with van der Waals surface area (Å²) in [5.74, 6) is -0.991. The average Bonchev–Trinajstić information content (AvgIpc) is 2.60. The average molecular weight is 364 g/mol. The Bertz CT molecular complexity index is 559. The second-order valence-corrected chi connectivity index (χ2v) is 6.71. The summed E-state index contributed by atoms with van der Waals surface area (Å²) in [6, 6.07) is 6.71. The largest absolute Gasteiger partial charge is 0.478 e. The third-order valence-electron chi connectivity index (χ3n) is 4.52. The zero-order valence-electron chi connectivity index (χ0n) is 16.1. The molecule has 6 nitrogen and oxygen atoms in total. The van der Waals surface area contributed by atoms with Crippen molar-refractivity contribution in [3.63, 3.8) is 0 Å². The summed E-state index contributed by atoms with van der Waals surface area (Å²) < 4.78 is 0. The van der Waals surface area contributed by atoms with Crippen LogP contribution in [0.4, 0.5) is 0 Å². The number of amides is 1. The van der Waals surface area contributed by atoms with Gasteiger partial charge in [-0.2, -0.15) is 0 Å². The Labute approximate surface area is 156 Å². The number of benzene rings is 1. The molecule has 0 radical (unpaired) electrons. The first-order valence-corrected chi connectivity index (χ1v) is 9.34. The molecule has 0 aliphatic heterocycles. The lowest BCUT2D eigenvalue weighted by atomic mass is 10.1. The van der Waals surface area contributed by atoms with Gasteiger partial charge in [0.2, 0.25) is 5.91 Å². The molecule has 26 heavy (non-hydrogen) atoms. The Morgan fingerprint density at radius 2 is 1.73 bits per heavy atom. The first-order valence-electron chi connectivity index (χ1n) is 9.34. The van der Waals surface area contributed by atoms with E-state index in [1.807, 2.05) is 12.1 Å². The number of unbranched alkanes of at least 4 members (excludes halogenated alkanes) is 2. The highest BCUT2D eigenvalue weighted by Crippen LogP contribution is 2.10. The van der Waals surface area contributed by atoms with Crippen molar-refractivity contribution in [3.05, 3.63) is 35.4 Å². The number of carbonyl (C=O) groups is 2. The fourth-order valence-corrected chi connectivity index (χ4v) is 2.85. The number of hydrogen-bond donors (Lipinski definition) is 2. The summed E-state index contributed by atoms with van der Waals surface area (Å²) in [5, 5.41) is 22.5. The highest BCUT2D eigenvalue weighted by molar-refractivity contribution is 5.87. The zero-order chi connectivity index (χ0) is 19.5. The van der Waals surface area contributed by atoms with Crippen LogP contribution in [-0.4, -0.2) is 58.3 Å². The Morgan fingerprint density at radius 3 is 2.27 bits per heavy atom. The van der Waals surface area contributed by atoms with Crippen molar-refractivity contribution >= 4 is 11.9 Å². The molecule has 0 heterocycles. The molecule has 1 aromatic rings. The van der Waals surface area contributed by atoms with E-state index in [1.165, 1.54) is 6.92 Å². The van der Waals surface area contributed by atoms with Crippen molar-refractivity contribution in [1.82, 2.24) is 10.0 Å². The van der Waals surface area contributed by atoms with Gasteiger partial charge in [-0.25, -0.2) is 9.80 Å². The van der Waals surface area contributed by atoms with E-state index < -0.39 is 5.97 Å². The third kappa shape index (κ3) is 7.97. The quantitative estimate of drug-likeness (QED) is 0.440. The fourth-order valence-electron chi connectivity index (χ4n) is 2.85. The highest BCUT2D eigenvalue weighted by Gasteiger charge is 2.16. The number of carboxylic acid groups (broad SMARTS) is 1. The maximum absolute atomic E-state index is 11.9. The fraction of sp³-hybridized carbons (Fsp3) is 0.600. The first kappa shape index (κ1) is 22.1. The first-order chi connectivity index (χ1) is 12.3. The number of nitrogens with zero attached hydrogens (tertiary/aromatic N) is 2. The second kappa shape index (κ2) is 11.6. The van der Waals surface area contributed by atoms with Crippen LogP contribution < -0.4 is 0 Å². The lowest BCUT2D eigenvalue weighted by Crippen LogP contribution is -2.45. The molecule has 2 N–H and O–H groups in total. The van der Waals surface area contributed by atoms with Crippen LogP contribution in [0.15, 0.2) is 24.3 Å². The number of carbonyl (C=O) groups excluding carboxylic acids is 1. The SMILES string of the molecule is CCCCCC(O)CCN(C)N(CCc1ccc(C(=O)O)cc1)C(C)=O. The molecular formula is C20H32N2O4. The van der Waals surface area contributed by atoms with Gasteiger partial charge in [-0.1, -0.05) is 38.3 Å². The Morgan fingerprint density at radius 1 is 1.08 bits per heavy atom. The summed E-state index contributed by atoms with van der Waals surface area (Å²) >= 11 is 0. The summed E-state index contributed by atoms with van der Waals surface area (Å²) in [7, 11) is 1.85. The Kier molecular flexibility index (Phi) is 9.91. The van der Waals surface area contributed by atoms with Gasteiger partial charge in [-0.15, -0.1) is 0 Å². The topological polar surface area (TPSA) is 81.1 Å². The molecule has 0 aliphatic rings. The van der Waals surface area contributed by atoms with Gasteiger partial charge >= 0.3 is 5.97 Å². The maximum Gasteiger partial charge on any atom is 0.335 e. The highest BCUT2D eigenvalue weighted by atomic mass is 16.4. The van der Waals surface area contributed by atoms with Crippen LogP contribution in [0.3, 0.4) is 0 Å². The van der Waals surface area contributed by atoms with Crippen molar-refractivity contribution in [3.8, 4) is 0 Å². The minimum absolute atomic E-state index is 0.0462. The van der Waals surface area contributed by atoms with Crippen molar-refractivity contribution < 1.29 is 19.8 Å². The predicted molar refractivity (Wildman–Crippen MR) is 102 cm³/mol. The Balaban J connectivity index is 2.49. The maximum atomic E-state index is 11.9. The number of aromatic carboxylic acids is 1. The van der Waals surface area contributed by atoms with Crippen LogP contribution in [0, 0.1) is 0 Å². The van der Waals surface area contributed by atoms with Gasteiger partial charge in [0.1, 0.15) is 0 Å². The predicted octanol–water partition coefficient (Wildman–Crippen LogP) is 2.95.